The summed E-state index contributed by atoms with van der Waals surface area (Å²) in [5.41, 5.74) is 6.00. The Balaban J connectivity index is 1.24. The Hall–Kier alpha value is -3.60. The second kappa shape index (κ2) is 18.2. The van der Waals surface area contributed by atoms with Gasteiger partial charge in [-0.3, -0.25) is 14.5 Å². The highest BCUT2D eigenvalue weighted by Crippen LogP contribution is 2.39. The minimum absolute atomic E-state index is 0.00445. The SMILES string of the molecule is COC[C@@H]1CCCN1C[C@@H]1C[C@H](c2ccc(CO)cc2)O[C@H](c2cccc(-c3cccc(CNC(=O)CCCCCCC(=O)O)c3)c2)O1. The fourth-order valence-corrected chi connectivity index (χ4v) is 6.74. The highest BCUT2D eigenvalue weighted by molar-refractivity contribution is 5.76. The zero-order valence-corrected chi connectivity index (χ0v) is 28.0. The normalized spacial score (nSPS) is 21.3. The second-order valence-electron chi connectivity index (χ2n) is 13.0. The van der Waals surface area contributed by atoms with Crippen LogP contribution in [0.1, 0.15) is 92.4 Å². The maximum atomic E-state index is 12.4. The number of carbonyl (C=O) groups is 2. The van der Waals surface area contributed by atoms with E-state index >= 15 is 0 Å². The van der Waals surface area contributed by atoms with E-state index in [1.54, 1.807) is 7.11 Å². The van der Waals surface area contributed by atoms with Gasteiger partial charge in [-0.05, 0) is 72.2 Å². The molecule has 0 bridgehead atoms. The largest absolute Gasteiger partial charge is 0.481 e. The maximum Gasteiger partial charge on any atom is 0.303 e. The Morgan fingerprint density at radius 1 is 0.896 bits per heavy atom. The number of rotatable bonds is 17. The molecule has 0 aliphatic carbocycles. The van der Waals surface area contributed by atoms with Gasteiger partial charge >= 0.3 is 5.97 Å². The van der Waals surface area contributed by atoms with E-state index in [0.29, 0.717) is 25.4 Å². The number of carboxylic acid groups (broad SMARTS) is 1. The fraction of sp³-hybridized carbons (Fsp3) is 0.487. The summed E-state index contributed by atoms with van der Waals surface area (Å²) in [6, 6.07) is 24.9. The van der Waals surface area contributed by atoms with Gasteiger partial charge < -0.3 is 29.7 Å². The van der Waals surface area contributed by atoms with Crippen LogP contribution in [0.4, 0.5) is 0 Å². The van der Waals surface area contributed by atoms with E-state index in [0.717, 1.165) is 91.6 Å². The first-order valence-electron chi connectivity index (χ1n) is 17.3. The molecule has 48 heavy (non-hydrogen) atoms. The number of unbranched alkanes of at least 4 members (excludes halogenated alkanes) is 3. The quantitative estimate of drug-likeness (QED) is 0.140. The lowest BCUT2D eigenvalue weighted by atomic mass is 9.98. The summed E-state index contributed by atoms with van der Waals surface area (Å²) >= 11 is 0. The lowest BCUT2D eigenvalue weighted by Crippen LogP contribution is -2.42. The van der Waals surface area contributed by atoms with E-state index in [2.05, 4.69) is 40.5 Å². The first kappa shape index (κ1) is 35.7. The molecule has 258 valence electrons. The van der Waals surface area contributed by atoms with Gasteiger partial charge in [-0.25, -0.2) is 0 Å². The van der Waals surface area contributed by atoms with Gasteiger partial charge in [0.1, 0.15) is 0 Å². The van der Waals surface area contributed by atoms with E-state index in [-0.39, 0.29) is 31.1 Å². The highest BCUT2D eigenvalue weighted by Gasteiger charge is 2.35. The number of nitrogens with zero attached hydrogens (tertiary/aromatic N) is 1. The van der Waals surface area contributed by atoms with Crippen LogP contribution < -0.4 is 5.32 Å². The Morgan fingerprint density at radius 3 is 2.40 bits per heavy atom. The molecule has 5 rings (SSSR count). The molecule has 2 heterocycles. The van der Waals surface area contributed by atoms with Crippen molar-refractivity contribution in [1.82, 2.24) is 10.2 Å². The zero-order valence-electron chi connectivity index (χ0n) is 28.0. The molecule has 3 aromatic carbocycles. The fourth-order valence-electron chi connectivity index (χ4n) is 6.74. The minimum Gasteiger partial charge on any atom is -0.481 e. The highest BCUT2D eigenvalue weighted by atomic mass is 16.7. The third-order valence-electron chi connectivity index (χ3n) is 9.36. The summed E-state index contributed by atoms with van der Waals surface area (Å²) in [5.74, 6) is -0.768. The number of nitrogens with one attached hydrogen (secondary N) is 1. The van der Waals surface area contributed by atoms with Crippen LogP contribution in [0.25, 0.3) is 11.1 Å². The first-order chi connectivity index (χ1) is 23.4. The van der Waals surface area contributed by atoms with Crippen LogP contribution in [-0.2, 0) is 37.0 Å². The number of aliphatic carboxylic acids is 1. The summed E-state index contributed by atoms with van der Waals surface area (Å²) < 4.78 is 18.8. The zero-order chi connectivity index (χ0) is 33.7. The van der Waals surface area contributed by atoms with Crippen LogP contribution in [-0.4, -0.2) is 65.9 Å². The standard InChI is InChI=1S/C39H50N2O7/c1-46-27-34-13-8-20-41(34)25-35-23-36(30-18-16-28(26-42)17-19-30)48-39(47-35)33-12-7-11-32(22-33)31-10-6-9-29(21-31)24-40-37(43)14-4-2-3-5-15-38(44)45/h6-7,9-12,16-19,21-22,34-36,39,42H,2-5,8,13-15,20,23-27H2,1H3,(H,40,43)(H,44,45)/t34-,35-,36+,39+/m0/s1. The molecule has 2 aliphatic rings. The van der Waals surface area contributed by atoms with E-state index in [1.165, 1.54) is 0 Å². The average molecular weight is 659 g/mol. The van der Waals surface area contributed by atoms with Crippen molar-refractivity contribution < 1.29 is 34.0 Å². The molecule has 3 aromatic rings. The van der Waals surface area contributed by atoms with Gasteiger partial charge in [0.15, 0.2) is 6.29 Å². The third kappa shape index (κ3) is 10.4. The molecule has 9 nitrogen and oxygen atoms in total. The lowest BCUT2D eigenvalue weighted by Gasteiger charge is -2.39. The van der Waals surface area contributed by atoms with E-state index in [4.69, 9.17) is 19.3 Å². The molecule has 4 atom stereocenters. The molecular formula is C39H50N2O7. The minimum atomic E-state index is -0.772. The molecule has 0 radical (unpaired) electrons. The molecule has 2 fully saturated rings. The third-order valence-corrected chi connectivity index (χ3v) is 9.36. The van der Waals surface area contributed by atoms with Gasteiger partial charge in [0.25, 0.3) is 0 Å². The summed E-state index contributed by atoms with van der Waals surface area (Å²) in [4.78, 5) is 25.6. The van der Waals surface area contributed by atoms with E-state index in [1.807, 2.05) is 42.5 Å². The van der Waals surface area contributed by atoms with E-state index < -0.39 is 12.3 Å². The van der Waals surface area contributed by atoms with Crippen LogP contribution in [0, 0.1) is 0 Å². The number of hydrogen-bond acceptors (Lipinski definition) is 7. The van der Waals surface area contributed by atoms with E-state index in [9.17, 15) is 14.7 Å². The van der Waals surface area contributed by atoms with Crippen LogP contribution in [0.15, 0.2) is 72.8 Å². The van der Waals surface area contributed by atoms with Gasteiger partial charge in [0.05, 0.1) is 25.4 Å². The molecule has 2 saturated heterocycles. The number of benzene rings is 3. The van der Waals surface area contributed by atoms with Gasteiger partial charge in [0.2, 0.25) is 5.91 Å². The van der Waals surface area contributed by atoms with Crippen molar-refractivity contribution >= 4 is 11.9 Å². The van der Waals surface area contributed by atoms with Crippen molar-refractivity contribution in [2.24, 2.45) is 0 Å². The first-order valence-corrected chi connectivity index (χ1v) is 17.3. The van der Waals surface area contributed by atoms with Gasteiger partial charge in [-0.15, -0.1) is 0 Å². The van der Waals surface area contributed by atoms with Gasteiger partial charge in [0, 0.05) is 51.1 Å². The van der Waals surface area contributed by atoms with Crippen molar-refractivity contribution in [2.45, 2.75) is 95.5 Å². The summed E-state index contributed by atoms with van der Waals surface area (Å²) in [5, 5.41) is 21.3. The molecule has 0 aromatic heterocycles. The number of likely N-dealkylation sites (tertiary alicyclic amines) is 1. The summed E-state index contributed by atoms with van der Waals surface area (Å²) in [6.07, 6.45) is 6.02. The van der Waals surface area contributed by atoms with Crippen molar-refractivity contribution in [1.29, 1.82) is 0 Å². The topological polar surface area (TPSA) is 118 Å². The molecule has 2 aliphatic heterocycles. The number of carbonyl (C=O) groups excluding carboxylic acids is 1. The van der Waals surface area contributed by atoms with Crippen LogP contribution in [0.2, 0.25) is 0 Å². The van der Waals surface area contributed by atoms with Crippen LogP contribution in [0.5, 0.6) is 0 Å². The van der Waals surface area contributed by atoms with Crippen molar-refractivity contribution in [2.75, 3.05) is 26.8 Å². The molecule has 0 saturated carbocycles. The Morgan fingerprint density at radius 2 is 1.65 bits per heavy atom. The Labute approximate surface area is 284 Å². The van der Waals surface area contributed by atoms with Crippen molar-refractivity contribution in [3.05, 3.63) is 95.1 Å². The Bertz CT molecular complexity index is 1460. The molecule has 9 heteroatoms. The van der Waals surface area contributed by atoms with Crippen LogP contribution >= 0.6 is 0 Å². The predicted molar refractivity (Wildman–Crippen MR) is 184 cm³/mol. The molecule has 0 unspecified atom stereocenters. The smallest absolute Gasteiger partial charge is 0.303 e. The molecule has 0 spiro atoms. The molecule has 1 amide bonds. The molecule has 3 N–H and O–H groups in total. The summed E-state index contributed by atoms with van der Waals surface area (Å²) in [6.45, 7) is 3.03. The maximum absolute atomic E-state index is 12.4. The van der Waals surface area contributed by atoms with Gasteiger partial charge in [-0.1, -0.05) is 73.5 Å². The lowest BCUT2D eigenvalue weighted by molar-refractivity contribution is -0.253. The summed E-state index contributed by atoms with van der Waals surface area (Å²) in [7, 11) is 1.76. The predicted octanol–water partition coefficient (Wildman–Crippen LogP) is 6.54. The average Bonchev–Trinajstić information content (AvgIpc) is 3.55. The Kier molecular flexibility index (Phi) is 13.6. The van der Waals surface area contributed by atoms with Crippen LogP contribution in [0.3, 0.4) is 0 Å². The number of aliphatic hydroxyl groups is 1. The second-order valence-corrected chi connectivity index (χ2v) is 13.0. The number of carboxylic acids is 1. The number of ether oxygens (including phenoxy) is 3. The van der Waals surface area contributed by atoms with Crippen molar-refractivity contribution in [3.8, 4) is 11.1 Å². The molecular weight excluding hydrogens is 608 g/mol. The number of amides is 1. The van der Waals surface area contributed by atoms with Gasteiger partial charge in [-0.2, -0.15) is 0 Å². The number of hydrogen-bond donors (Lipinski definition) is 3. The number of methoxy groups -OCH3 is 1. The monoisotopic (exact) mass is 658 g/mol. The number of aliphatic hydroxyl groups excluding tert-OH is 1. The van der Waals surface area contributed by atoms with Crippen molar-refractivity contribution in [3.63, 3.8) is 0 Å².